The van der Waals surface area contributed by atoms with Crippen molar-refractivity contribution in [2.75, 3.05) is 6.54 Å². The van der Waals surface area contributed by atoms with Crippen LogP contribution >= 0.6 is 0 Å². The number of benzene rings is 1. The van der Waals surface area contributed by atoms with E-state index in [4.69, 9.17) is 0 Å². The van der Waals surface area contributed by atoms with Crippen LogP contribution < -0.4 is 5.32 Å². The molecule has 20 heavy (non-hydrogen) atoms. The van der Waals surface area contributed by atoms with E-state index in [-0.39, 0.29) is 0 Å². The summed E-state index contributed by atoms with van der Waals surface area (Å²) in [4.78, 5) is 0. The zero-order valence-corrected chi connectivity index (χ0v) is 12.7. The first kappa shape index (κ1) is 15.4. The average molecular weight is 281 g/mol. The van der Waals surface area contributed by atoms with E-state index < -0.39 is 11.6 Å². The van der Waals surface area contributed by atoms with Crippen molar-refractivity contribution in [1.29, 1.82) is 0 Å². The normalized spacial score (nSPS) is 25.6. The van der Waals surface area contributed by atoms with Gasteiger partial charge in [-0.2, -0.15) is 0 Å². The molecule has 1 fully saturated rings. The number of rotatable bonds is 4. The second kappa shape index (κ2) is 6.21. The molecule has 1 aliphatic rings. The van der Waals surface area contributed by atoms with Gasteiger partial charge in [-0.25, -0.2) is 8.78 Å². The Morgan fingerprint density at radius 2 is 1.80 bits per heavy atom. The standard InChI is InChI=1S/C17H25F2N/c1-12-6-16(11-17(2,3)10-12)20-5-4-13-7-14(18)9-15(19)8-13/h7-9,12,16,20H,4-6,10-11H2,1-3H3. The largest absolute Gasteiger partial charge is 0.314 e. The SMILES string of the molecule is CC1CC(NCCc2cc(F)cc(F)c2)CC(C)(C)C1. The van der Waals surface area contributed by atoms with Crippen LogP contribution in [0, 0.1) is 23.0 Å². The van der Waals surface area contributed by atoms with Crippen LogP contribution in [-0.2, 0) is 6.42 Å². The summed E-state index contributed by atoms with van der Waals surface area (Å²) in [6.45, 7) is 7.71. The highest BCUT2D eigenvalue weighted by Crippen LogP contribution is 2.38. The van der Waals surface area contributed by atoms with E-state index in [1.165, 1.54) is 31.4 Å². The number of halogens is 2. The molecule has 0 aliphatic heterocycles. The Morgan fingerprint density at radius 1 is 1.15 bits per heavy atom. The van der Waals surface area contributed by atoms with Gasteiger partial charge in [-0.3, -0.25) is 0 Å². The van der Waals surface area contributed by atoms with Gasteiger partial charge in [0.15, 0.2) is 0 Å². The van der Waals surface area contributed by atoms with Crippen molar-refractivity contribution in [2.24, 2.45) is 11.3 Å². The fourth-order valence-electron chi connectivity index (χ4n) is 3.68. The van der Waals surface area contributed by atoms with E-state index in [9.17, 15) is 8.78 Å². The Kier molecular flexibility index (Phi) is 4.79. The van der Waals surface area contributed by atoms with Crippen LogP contribution in [0.25, 0.3) is 0 Å². The van der Waals surface area contributed by atoms with Crippen LogP contribution in [0.1, 0.15) is 45.6 Å². The van der Waals surface area contributed by atoms with Gasteiger partial charge in [-0.1, -0.05) is 20.8 Å². The molecule has 112 valence electrons. The Hall–Kier alpha value is -0.960. The molecule has 2 unspecified atom stereocenters. The highest BCUT2D eigenvalue weighted by atomic mass is 19.1. The van der Waals surface area contributed by atoms with E-state index in [2.05, 4.69) is 26.1 Å². The predicted molar refractivity (Wildman–Crippen MR) is 78.6 cm³/mol. The third-order valence-electron chi connectivity index (χ3n) is 4.16. The summed E-state index contributed by atoms with van der Waals surface area (Å²) >= 11 is 0. The quantitative estimate of drug-likeness (QED) is 0.867. The minimum absolute atomic E-state index is 0.389. The number of hydrogen-bond acceptors (Lipinski definition) is 1. The molecule has 1 aromatic carbocycles. The molecule has 0 aromatic heterocycles. The molecule has 2 atom stereocenters. The maximum absolute atomic E-state index is 13.1. The summed E-state index contributed by atoms with van der Waals surface area (Å²) in [5, 5.41) is 3.55. The summed E-state index contributed by atoms with van der Waals surface area (Å²) in [6.07, 6.45) is 4.32. The molecule has 0 heterocycles. The zero-order chi connectivity index (χ0) is 14.8. The first-order chi connectivity index (χ1) is 9.34. The summed E-state index contributed by atoms with van der Waals surface area (Å²) in [5.41, 5.74) is 1.11. The minimum Gasteiger partial charge on any atom is -0.314 e. The zero-order valence-electron chi connectivity index (χ0n) is 12.7. The molecule has 0 bridgehead atoms. The van der Waals surface area contributed by atoms with Crippen molar-refractivity contribution in [2.45, 2.75) is 52.5 Å². The molecular formula is C17H25F2N. The second-order valence-corrected chi connectivity index (χ2v) is 7.09. The molecular weight excluding hydrogens is 256 g/mol. The Bertz CT molecular complexity index is 436. The topological polar surface area (TPSA) is 12.0 Å². The van der Waals surface area contributed by atoms with E-state index in [0.29, 0.717) is 17.9 Å². The summed E-state index contributed by atoms with van der Waals surface area (Å²) < 4.78 is 26.2. The Morgan fingerprint density at radius 3 is 2.40 bits per heavy atom. The summed E-state index contributed by atoms with van der Waals surface area (Å²) in [6, 6.07) is 4.27. The van der Waals surface area contributed by atoms with Crippen molar-refractivity contribution >= 4 is 0 Å². The van der Waals surface area contributed by atoms with Crippen LogP contribution in [-0.4, -0.2) is 12.6 Å². The molecule has 0 radical (unpaired) electrons. The van der Waals surface area contributed by atoms with Crippen LogP contribution in [0.15, 0.2) is 18.2 Å². The molecule has 2 rings (SSSR count). The fourth-order valence-corrected chi connectivity index (χ4v) is 3.68. The first-order valence-corrected chi connectivity index (χ1v) is 7.52. The van der Waals surface area contributed by atoms with Crippen molar-refractivity contribution in [3.63, 3.8) is 0 Å². The Labute approximate surface area is 120 Å². The Balaban J connectivity index is 1.83. The monoisotopic (exact) mass is 281 g/mol. The second-order valence-electron chi connectivity index (χ2n) is 7.09. The van der Waals surface area contributed by atoms with Crippen LogP contribution in [0.3, 0.4) is 0 Å². The van der Waals surface area contributed by atoms with Crippen molar-refractivity contribution < 1.29 is 8.78 Å². The molecule has 0 saturated heterocycles. The third kappa shape index (κ3) is 4.55. The van der Waals surface area contributed by atoms with Crippen molar-refractivity contribution in [3.05, 3.63) is 35.4 Å². The van der Waals surface area contributed by atoms with Gasteiger partial charge in [0.25, 0.3) is 0 Å². The fraction of sp³-hybridized carbons (Fsp3) is 0.647. The highest BCUT2D eigenvalue weighted by molar-refractivity contribution is 5.18. The first-order valence-electron chi connectivity index (χ1n) is 7.52. The lowest BCUT2D eigenvalue weighted by molar-refractivity contribution is 0.152. The van der Waals surface area contributed by atoms with E-state index >= 15 is 0 Å². The molecule has 0 amide bonds. The van der Waals surface area contributed by atoms with Gasteiger partial charge in [0.05, 0.1) is 0 Å². The molecule has 1 nitrogen and oxygen atoms in total. The van der Waals surface area contributed by atoms with Gasteiger partial charge in [-0.05, 0) is 61.3 Å². The third-order valence-corrected chi connectivity index (χ3v) is 4.16. The summed E-state index contributed by atoms with van der Waals surface area (Å²) in [5.74, 6) is -0.247. The lowest BCUT2D eigenvalue weighted by Gasteiger charge is -2.39. The van der Waals surface area contributed by atoms with E-state index in [0.717, 1.165) is 24.1 Å². The van der Waals surface area contributed by atoms with Crippen LogP contribution in [0.5, 0.6) is 0 Å². The molecule has 1 N–H and O–H groups in total. The van der Waals surface area contributed by atoms with E-state index in [1.807, 2.05) is 0 Å². The molecule has 3 heteroatoms. The smallest absolute Gasteiger partial charge is 0.126 e. The predicted octanol–water partition coefficient (Wildman–Crippen LogP) is 4.31. The number of hydrogen-bond donors (Lipinski definition) is 1. The minimum atomic E-state index is -0.493. The van der Waals surface area contributed by atoms with Gasteiger partial charge < -0.3 is 5.32 Å². The van der Waals surface area contributed by atoms with Gasteiger partial charge in [-0.15, -0.1) is 0 Å². The maximum atomic E-state index is 13.1. The average Bonchev–Trinajstić information content (AvgIpc) is 2.24. The lowest BCUT2D eigenvalue weighted by atomic mass is 9.70. The molecule has 1 saturated carbocycles. The van der Waals surface area contributed by atoms with Gasteiger partial charge >= 0.3 is 0 Å². The lowest BCUT2D eigenvalue weighted by Crippen LogP contribution is -2.40. The molecule has 1 aromatic rings. The van der Waals surface area contributed by atoms with Gasteiger partial charge in [0.2, 0.25) is 0 Å². The van der Waals surface area contributed by atoms with Crippen LogP contribution in [0.4, 0.5) is 8.78 Å². The molecule has 1 aliphatic carbocycles. The number of nitrogens with one attached hydrogen (secondary N) is 1. The maximum Gasteiger partial charge on any atom is 0.126 e. The van der Waals surface area contributed by atoms with Crippen molar-refractivity contribution in [3.8, 4) is 0 Å². The highest BCUT2D eigenvalue weighted by Gasteiger charge is 2.31. The molecule has 0 spiro atoms. The van der Waals surface area contributed by atoms with Crippen LogP contribution in [0.2, 0.25) is 0 Å². The van der Waals surface area contributed by atoms with Gasteiger partial charge in [0, 0.05) is 12.1 Å². The van der Waals surface area contributed by atoms with E-state index in [1.54, 1.807) is 0 Å². The van der Waals surface area contributed by atoms with Crippen molar-refractivity contribution in [1.82, 2.24) is 5.32 Å². The van der Waals surface area contributed by atoms with Gasteiger partial charge in [0.1, 0.15) is 11.6 Å². The summed E-state index contributed by atoms with van der Waals surface area (Å²) in [7, 11) is 0.